The molecule has 5 heteroatoms. The first-order chi connectivity index (χ1) is 12.3. The average Bonchev–Trinajstić information content (AvgIpc) is 3.33. The molecule has 0 aliphatic carbocycles. The summed E-state index contributed by atoms with van der Waals surface area (Å²) < 4.78 is 11.5. The van der Waals surface area contributed by atoms with Crippen molar-refractivity contribution in [2.45, 2.75) is 37.5 Å². The van der Waals surface area contributed by atoms with Crippen molar-refractivity contribution in [3.8, 4) is 5.75 Å². The molecule has 2 aliphatic rings. The van der Waals surface area contributed by atoms with Crippen LogP contribution in [0.15, 0.2) is 48.5 Å². The van der Waals surface area contributed by atoms with Crippen molar-refractivity contribution in [1.29, 1.82) is 0 Å². The molecular weight excluding hydrogens is 314 g/mol. The van der Waals surface area contributed by atoms with E-state index in [0.717, 1.165) is 42.9 Å². The Morgan fingerprint density at radius 3 is 2.80 bits per heavy atom. The number of hydrogen-bond donors (Lipinski definition) is 3. The van der Waals surface area contributed by atoms with Crippen molar-refractivity contribution < 1.29 is 9.47 Å². The minimum Gasteiger partial charge on any atom is -0.491 e. The highest BCUT2D eigenvalue weighted by Gasteiger charge is 2.27. The van der Waals surface area contributed by atoms with Gasteiger partial charge in [0.05, 0.1) is 12.1 Å². The Morgan fingerprint density at radius 2 is 1.96 bits per heavy atom. The van der Waals surface area contributed by atoms with Gasteiger partial charge in [-0.25, -0.2) is 10.9 Å². The van der Waals surface area contributed by atoms with Crippen LogP contribution in [0.25, 0.3) is 0 Å². The first kappa shape index (κ1) is 16.4. The summed E-state index contributed by atoms with van der Waals surface area (Å²) in [5, 5.41) is 0. The maximum absolute atomic E-state index is 6.11. The molecule has 2 saturated heterocycles. The van der Waals surface area contributed by atoms with Gasteiger partial charge in [-0.3, -0.25) is 0 Å². The summed E-state index contributed by atoms with van der Waals surface area (Å²) in [7, 11) is 0. The Morgan fingerprint density at radius 1 is 1.08 bits per heavy atom. The molecule has 4 N–H and O–H groups in total. The van der Waals surface area contributed by atoms with Gasteiger partial charge in [-0.1, -0.05) is 30.3 Å². The van der Waals surface area contributed by atoms with Crippen LogP contribution in [0.2, 0.25) is 0 Å². The van der Waals surface area contributed by atoms with E-state index in [9.17, 15) is 0 Å². The van der Waals surface area contributed by atoms with Crippen LogP contribution in [0.4, 0.5) is 5.69 Å². The molecule has 2 aliphatic heterocycles. The summed E-state index contributed by atoms with van der Waals surface area (Å²) in [5.41, 5.74) is 16.1. The largest absolute Gasteiger partial charge is 0.491 e. The number of hydrogen-bond acceptors (Lipinski definition) is 5. The van der Waals surface area contributed by atoms with E-state index in [0.29, 0.717) is 6.61 Å². The van der Waals surface area contributed by atoms with E-state index in [-0.39, 0.29) is 18.2 Å². The van der Waals surface area contributed by atoms with E-state index in [4.69, 9.17) is 15.2 Å². The van der Waals surface area contributed by atoms with Gasteiger partial charge in [-0.15, -0.1) is 0 Å². The SMILES string of the molecule is Nc1ccccc1C1CC(c2cccc(OCC3CCCO3)c2)NN1. The summed E-state index contributed by atoms with van der Waals surface area (Å²) >= 11 is 0. The lowest BCUT2D eigenvalue weighted by atomic mass is 9.96. The molecule has 25 heavy (non-hydrogen) atoms. The van der Waals surface area contributed by atoms with Gasteiger partial charge in [-0.2, -0.15) is 0 Å². The number of nitrogens with one attached hydrogen (secondary N) is 2. The van der Waals surface area contributed by atoms with Gasteiger partial charge in [0.25, 0.3) is 0 Å². The van der Waals surface area contributed by atoms with Gasteiger partial charge < -0.3 is 15.2 Å². The van der Waals surface area contributed by atoms with Crippen molar-refractivity contribution in [3.05, 3.63) is 59.7 Å². The van der Waals surface area contributed by atoms with Gasteiger partial charge in [-0.05, 0) is 48.6 Å². The molecule has 0 radical (unpaired) electrons. The van der Waals surface area contributed by atoms with Gasteiger partial charge >= 0.3 is 0 Å². The highest BCUT2D eigenvalue weighted by molar-refractivity contribution is 5.48. The molecule has 0 saturated carbocycles. The fraction of sp³-hybridized carbons (Fsp3) is 0.400. The molecule has 132 valence electrons. The van der Waals surface area contributed by atoms with Crippen molar-refractivity contribution in [1.82, 2.24) is 10.9 Å². The van der Waals surface area contributed by atoms with E-state index in [1.165, 1.54) is 5.56 Å². The number of para-hydroxylation sites is 1. The van der Waals surface area contributed by atoms with E-state index >= 15 is 0 Å². The van der Waals surface area contributed by atoms with Crippen LogP contribution in [0, 0.1) is 0 Å². The molecule has 2 heterocycles. The first-order valence-corrected chi connectivity index (χ1v) is 8.99. The Kier molecular flexibility index (Phi) is 4.88. The smallest absolute Gasteiger partial charge is 0.119 e. The third kappa shape index (κ3) is 3.79. The molecule has 0 spiro atoms. The van der Waals surface area contributed by atoms with Crippen LogP contribution in [-0.2, 0) is 4.74 Å². The van der Waals surface area contributed by atoms with Crippen LogP contribution in [0.3, 0.4) is 0 Å². The molecular formula is C20H25N3O2. The number of nitrogens with two attached hydrogens (primary N) is 1. The third-order valence-corrected chi connectivity index (χ3v) is 4.99. The standard InChI is InChI=1S/C20H25N3O2/c21-18-9-2-1-8-17(18)20-12-19(22-23-20)14-5-3-6-15(11-14)25-13-16-7-4-10-24-16/h1-3,5-6,8-9,11,16,19-20,22-23H,4,7,10,12-13,21H2. The second-order valence-corrected chi connectivity index (χ2v) is 6.78. The minimum atomic E-state index is 0.211. The first-order valence-electron chi connectivity index (χ1n) is 8.99. The third-order valence-electron chi connectivity index (χ3n) is 4.99. The van der Waals surface area contributed by atoms with Crippen molar-refractivity contribution >= 4 is 5.69 Å². The van der Waals surface area contributed by atoms with E-state index in [1.807, 2.05) is 30.3 Å². The molecule has 0 bridgehead atoms. The molecule has 4 rings (SSSR count). The Hall–Kier alpha value is -2.08. The second-order valence-electron chi connectivity index (χ2n) is 6.78. The average molecular weight is 339 g/mol. The summed E-state index contributed by atoms with van der Waals surface area (Å²) in [6, 6.07) is 16.8. The quantitative estimate of drug-likeness (QED) is 0.730. The van der Waals surface area contributed by atoms with Crippen molar-refractivity contribution in [3.63, 3.8) is 0 Å². The van der Waals surface area contributed by atoms with Gasteiger partial charge in [0.2, 0.25) is 0 Å². The number of nitrogen functional groups attached to an aromatic ring is 1. The van der Waals surface area contributed by atoms with Crippen LogP contribution in [0.5, 0.6) is 5.75 Å². The van der Waals surface area contributed by atoms with E-state index < -0.39 is 0 Å². The summed E-state index contributed by atoms with van der Waals surface area (Å²) in [6.45, 7) is 1.48. The summed E-state index contributed by atoms with van der Waals surface area (Å²) in [5.74, 6) is 0.900. The van der Waals surface area contributed by atoms with E-state index in [2.05, 4.69) is 29.1 Å². The normalized spacial score (nSPS) is 26.0. The maximum Gasteiger partial charge on any atom is 0.119 e. The molecule has 2 aromatic carbocycles. The fourth-order valence-electron chi connectivity index (χ4n) is 3.59. The monoisotopic (exact) mass is 339 g/mol. The molecule has 5 nitrogen and oxygen atoms in total. The zero-order valence-electron chi connectivity index (χ0n) is 14.3. The lowest BCUT2D eigenvalue weighted by Gasteiger charge is -2.15. The lowest BCUT2D eigenvalue weighted by molar-refractivity contribution is 0.0679. The molecule has 0 amide bonds. The topological polar surface area (TPSA) is 68.5 Å². The molecule has 2 aromatic rings. The van der Waals surface area contributed by atoms with Crippen LogP contribution >= 0.6 is 0 Å². The van der Waals surface area contributed by atoms with Crippen molar-refractivity contribution in [2.75, 3.05) is 18.9 Å². The molecule has 3 unspecified atom stereocenters. The van der Waals surface area contributed by atoms with Crippen LogP contribution in [0.1, 0.15) is 42.5 Å². The zero-order valence-corrected chi connectivity index (χ0v) is 14.3. The van der Waals surface area contributed by atoms with Gasteiger partial charge in [0.1, 0.15) is 12.4 Å². The predicted molar refractivity (Wildman–Crippen MR) is 98.1 cm³/mol. The minimum absolute atomic E-state index is 0.211. The molecule has 0 aromatic heterocycles. The highest BCUT2D eigenvalue weighted by Crippen LogP contribution is 2.34. The maximum atomic E-state index is 6.11. The number of rotatable bonds is 5. The number of hydrazine groups is 1. The Labute approximate surface area is 148 Å². The fourth-order valence-corrected chi connectivity index (χ4v) is 3.59. The van der Waals surface area contributed by atoms with E-state index in [1.54, 1.807) is 0 Å². The highest BCUT2D eigenvalue weighted by atomic mass is 16.5. The molecule has 3 atom stereocenters. The lowest BCUT2D eigenvalue weighted by Crippen LogP contribution is -2.27. The van der Waals surface area contributed by atoms with Gasteiger partial charge in [0, 0.05) is 18.3 Å². The predicted octanol–water partition coefficient (Wildman–Crippen LogP) is 3.11. The zero-order chi connectivity index (χ0) is 17.1. The molecule has 2 fully saturated rings. The Balaban J connectivity index is 1.40. The van der Waals surface area contributed by atoms with Crippen LogP contribution < -0.4 is 21.3 Å². The van der Waals surface area contributed by atoms with Gasteiger partial charge in [0.15, 0.2) is 0 Å². The number of benzene rings is 2. The second kappa shape index (κ2) is 7.44. The number of ether oxygens (including phenoxy) is 2. The van der Waals surface area contributed by atoms with Crippen LogP contribution in [-0.4, -0.2) is 19.3 Å². The summed E-state index contributed by atoms with van der Waals surface area (Å²) in [6.07, 6.45) is 3.41. The van der Waals surface area contributed by atoms with Crippen molar-refractivity contribution in [2.24, 2.45) is 0 Å². The number of anilines is 1. The summed E-state index contributed by atoms with van der Waals surface area (Å²) in [4.78, 5) is 0. The Bertz CT molecular complexity index is 716.